The quantitative estimate of drug-likeness (QED) is 0.807. The first-order chi connectivity index (χ1) is 10.1. The number of aromatic nitrogens is 1. The van der Waals surface area contributed by atoms with Crippen LogP contribution in [0.5, 0.6) is 0 Å². The van der Waals surface area contributed by atoms with E-state index < -0.39 is 0 Å². The number of nitrogens with one attached hydrogen (secondary N) is 1. The molecule has 1 N–H and O–H groups in total. The zero-order valence-corrected chi connectivity index (χ0v) is 14.3. The van der Waals surface area contributed by atoms with Crippen LogP contribution in [-0.4, -0.2) is 28.9 Å². The van der Waals surface area contributed by atoms with Gasteiger partial charge in [-0.25, -0.2) is 4.98 Å². The molecule has 0 radical (unpaired) electrons. The van der Waals surface area contributed by atoms with E-state index in [2.05, 4.69) is 17.2 Å². The van der Waals surface area contributed by atoms with Gasteiger partial charge < -0.3 is 5.32 Å². The van der Waals surface area contributed by atoms with Crippen molar-refractivity contribution >= 4 is 40.6 Å². The Labute approximate surface area is 138 Å². The average molecular weight is 341 g/mol. The van der Waals surface area contributed by atoms with Crippen LogP contribution in [0.4, 0.5) is 0 Å². The summed E-state index contributed by atoms with van der Waals surface area (Å²) in [5.74, 6) is 0.382. The van der Waals surface area contributed by atoms with Gasteiger partial charge in [0.25, 0.3) is 5.91 Å². The predicted molar refractivity (Wildman–Crippen MR) is 92.4 cm³/mol. The molecule has 2 rings (SSSR count). The van der Waals surface area contributed by atoms with E-state index in [0.717, 1.165) is 16.3 Å². The Kier molecular flexibility index (Phi) is 6.08. The van der Waals surface area contributed by atoms with Crippen LogP contribution < -0.4 is 5.32 Å². The van der Waals surface area contributed by atoms with Gasteiger partial charge >= 0.3 is 0 Å². The second kappa shape index (κ2) is 7.82. The summed E-state index contributed by atoms with van der Waals surface area (Å²) < 4.78 is 0. The van der Waals surface area contributed by atoms with Gasteiger partial charge in [0.15, 0.2) is 0 Å². The van der Waals surface area contributed by atoms with E-state index >= 15 is 0 Å². The fourth-order valence-corrected chi connectivity index (χ4v) is 2.99. The predicted octanol–water partition coefficient (Wildman–Crippen LogP) is 4.03. The molecule has 0 fully saturated rings. The summed E-state index contributed by atoms with van der Waals surface area (Å²) in [4.78, 5) is 16.4. The summed E-state index contributed by atoms with van der Waals surface area (Å²) in [6.07, 6.45) is 2.04. The van der Waals surface area contributed by atoms with E-state index in [9.17, 15) is 4.79 Å². The number of hydrogen-bond acceptors (Lipinski definition) is 4. The third-order valence-electron chi connectivity index (χ3n) is 3.04. The number of benzene rings is 1. The van der Waals surface area contributed by atoms with Crippen LogP contribution in [0.2, 0.25) is 0 Å². The topological polar surface area (TPSA) is 42.0 Å². The normalized spacial score (nSPS) is 12.1. The Balaban J connectivity index is 2.03. The lowest BCUT2D eigenvalue weighted by Gasteiger charge is -2.10. The van der Waals surface area contributed by atoms with Gasteiger partial charge in [-0.2, -0.15) is 11.8 Å². The molecule has 1 amide bonds. The Bertz CT molecular complexity index is 598. The molecule has 1 unspecified atom stereocenters. The summed E-state index contributed by atoms with van der Waals surface area (Å²) in [5, 5.41) is 6.22. The van der Waals surface area contributed by atoms with Gasteiger partial charge in [-0.05, 0) is 18.4 Å². The molecule has 0 saturated carbocycles. The number of amides is 1. The molecule has 112 valence electrons. The molecular formula is C15H17ClN2OS2. The summed E-state index contributed by atoms with van der Waals surface area (Å²) in [6.45, 7) is 2.76. The fourth-order valence-electron chi connectivity index (χ4n) is 1.69. The van der Waals surface area contributed by atoms with E-state index in [-0.39, 0.29) is 5.91 Å². The van der Waals surface area contributed by atoms with E-state index in [1.807, 2.05) is 35.9 Å². The molecule has 1 heterocycles. The Morgan fingerprint density at radius 2 is 2.14 bits per heavy atom. The van der Waals surface area contributed by atoms with Crippen molar-refractivity contribution in [2.24, 2.45) is 0 Å². The molecule has 6 heteroatoms. The zero-order valence-electron chi connectivity index (χ0n) is 11.9. The largest absolute Gasteiger partial charge is 0.351 e. The molecule has 2 aromatic rings. The maximum atomic E-state index is 12.0. The minimum Gasteiger partial charge on any atom is -0.351 e. The highest BCUT2D eigenvalue weighted by molar-refractivity contribution is 7.99. The first kappa shape index (κ1) is 16.3. The third-order valence-corrected chi connectivity index (χ3v) is 5.22. The van der Waals surface area contributed by atoms with Crippen LogP contribution in [0.3, 0.4) is 0 Å². The zero-order chi connectivity index (χ0) is 15.2. The molecule has 1 aromatic carbocycles. The van der Waals surface area contributed by atoms with Gasteiger partial charge in [-0.3, -0.25) is 4.79 Å². The monoisotopic (exact) mass is 340 g/mol. The van der Waals surface area contributed by atoms with E-state index in [1.165, 1.54) is 0 Å². The van der Waals surface area contributed by atoms with Gasteiger partial charge in [0.2, 0.25) is 0 Å². The molecule has 0 aliphatic rings. The number of halogens is 1. The maximum absolute atomic E-state index is 12.0. The molecule has 0 saturated heterocycles. The van der Waals surface area contributed by atoms with Crippen LogP contribution in [-0.2, 0) is 5.88 Å². The lowest BCUT2D eigenvalue weighted by molar-refractivity contribution is 0.0954. The third kappa shape index (κ3) is 4.46. The Morgan fingerprint density at radius 1 is 1.43 bits per heavy atom. The van der Waals surface area contributed by atoms with Crippen LogP contribution in [0.25, 0.3) is 10.6 Å². The summed E-state index contributed by atoms with van der Waals surface area (Å²) >= 11 is 9.05. The highest BCUT2D eigenvalue weighted by Gasteiger charge is 2.09. The highest BCUT2D eigenvalue weighted by Crippen LogP contribution is 2.24. The number of carbonyl (C=O) groups excluding carboxylic acids is 1. The van der Waals surface area contributed by atoms with Gasteiger partial charge in [-0.1, -0.05) is 19.1 Å². The second-order valence-electron chi connectivity index (χ2n) is 4.61. The molecule has 0 aliphatic carbocycles. The lowest BCUT2D eigenvalue weighted by Crippen LogP contribution is -2.29. The Morgan fingerprint density at radius 3 is 2.71 bits per heavy atom. The minimum atomic E-state index is -0.0389. The molecule has 1 aromatic heterocycles. The molecule has 1 atom stereocenters. The first-order valence-electron chi connectivity index (χ1n) is 6.56. The highest BCUT2D eigenvalue weighted by atomic mass is 35.5. The first-order valence-corrected chi connectivity index (χ1v) is 9.26. The Hall–Kier alpha value is -1.04. The molecule has 0 bridgehead atoms. The summed E-state index contributed by atoms with van der Waals surface area (Å²) in [6, 6.07) is 7.50. The number of rotatable bonds is 6. The van der Waals surface area contributed by atoms with Crippen molar-refractivity contribution in [3.63, 3.8) is 0 Å². The number of thiazole rings is 1. The van der Waals surface area contributed by atoms with E-state index in [4.69, 9.17) is 11.6 Å². The average Bonchev–Trinajstić information content (AvgIpc) is 3.01. The van der Waals surface area contributed by atoms with Crippen LogP contribution in [0.15, 0.2) is 29.6 Å². The smallest absolute Gasteiger partial charge is 0.251 e. The standard InChI is InChI=1S/C15H17ClN2OS2/c1-10(20-2)8-17-14(19)11-3-5-12(6-4-11)15-18-13(7-16)9-21-15/h3-6,9-10H,7-8H2,1-2H3,(H,17,19). The van der Waals surface area contributed by atoms with Crippen molar-refractivity contribution < 1.29 is 4.79 Å². The number of hydrogen-bond donors (Lipinski definition) is 1. The van der Waals surface area contributed by atoms with Crippen LogP contribution in [0, 0.1) is 0 Å². The van der Waals surface area contributed by atoms with Crippen molar-refractivity contribution in [1.82, 2.24) is 10.3 Å². The van der Waals surface area contributed by atoms with Crippen LogP contribution in [0.1, 0.15) is 23.0 Å². The van der Waals surface area contributed by atoms with Crippen molar-refractivity contribution in [2.45, 2.75) is 18.1 Å². The number of thioether (sulfide) groups is 1. The van der Waals surface area contributed by atoms with Crippen molar-refractivity contribution in [3.8, 4) is 10.6 Å². The van der Waals surface area contributed by atoms with E-state index in [0.29, 0.717) is 23.2 Å². The molecule has 21 heavy (non-hydrogen) atoms. The van der Waals surface area contributed by atoms with Gasteiger partial charge in [-0.15, -0.1) is 22.9 Å². The molecular weight excluding hydrogens is 324 g/mol. The van der Waals surface area contributed by atoms with Crippen molar-refractivity contribution in [2.75, 3.05) is 12.8 Å². The number of alkyl halides is 1. The van der Waals surface area contributed by atoms with Gasteiger partial charge in [0.05, 0.1) is 11.6 Å². The summed E-state index contributed by atoms with van der Waals surface area (Å²) in [7, 11) is 0. The number of carbonyl (C=O) groups is 1. The van der Waals surface area contributed by atoms with Crippen molar-refractivity contribution in [3.05, 3.63) is 40.9 Å². The van der Waals surface area contributed by atoms with Gasteiger partial charge in [0, 0.05) is 28.3 Å². The van der Waals surface area contributed by atoms with Crippen LogP contribution >= 0.6 is 34.7 Å². The SMILES string of the molecule is CSC(C)CNC(=O)c1ccc(-c2nc(CCl)cs2)cc1. The molecule has 3 nitrogen and oxygen atoms in total. The maximum Gasteiger partial charge on any atom is 0.251 e. The fraction of sp³-hybridized carbons (Fsp3) is 0.333. The molecule has 0 spiro atoms. The van der Waals surface area contributed by atoms with Crippen molar-refractivity contribution in [1.29, 1.82) is 0 Å². The lowest BCUT2D eigenvalue weighted by atomic mass is 10.1. The summed E-state index contributed by atoms with van der Waals surface area (Å²) in [5.41, 5.74) is 2.55. The molecule has 0 aliphatic heterocycles. The number of nitrogens with zero attached hydrogens (tertiary/aromatic N) is 1. The van der Waals surface area contributed by atoms with Gasteiger partial charge in [0.1, 0.15) is 5.01 Å². The second-order valence-corrected chi connectivity index (χ2v) is 7.01. The van der Waals surface area contributed by atoms with E-state index in [1.54, 1.807) is 23.1 Å². The minimum absolute atomic E-state index is 0.0389.